The van der Waals surface area contributed by atoms with Crippen molar-refractivity contribution in [1.82, 2.24) is 9.55 Å². The van der Waals surface area contributed by atoms with Crippen molar-refractivity contribution in [3.63, 3.8) is 0 Å². The third kappa shape index (κ3) is 3.85. The zero-order chi connectivity index (χ0) is 19.5. The summed E-state index contributed by atoms with van der Waals surface area (Å²) in [6.07, 6.45) is 4.44. The Morgan fingerprint density at radius 2 is 1.79 bits per heavy atom. The third-order valence-electron chi connectivity index (χ3n) is 5.17. The van der Waals surface area contributed by atoms with Gasteiger partial charge < -0.3 is 5.32 Å². The number of para-hydroxylation sites is 2. The topological polar surface area (TPSA) is 46.9 Å². The molecule has 1 N–H and O–H groups in total. The minimum Gasteiger partial charge on any atom is -0.325 e. The van der Waals surface area contributed by atoms with Gasteiger partial charge in [0.1, 0.15) is 0 Å². The van der Waals surface area contributed by atoms with Gasteiger partial charge in [-0.3, -0.25) is 9.36 Å². The number of thioether (sulfide) groups is 1. The summed E-state index contributed by atoms with van der Waals surface area (Å²) in [5, 5.41) is 3.72. The summed E-state index contributed by atoms with van der Waals surface area (Å²) in [7, 11) is 0. The monoisotopic (exact) mass is 391 g/mol. The van der Waals surface area contributed by atoms with Crippen molar-refractivity contribution in [2.45, 2.75) is 49.9 Å². The summed E-state index contributed by atoms with van der Waals surface area (Å²) in [5.74, 6) is -0.000108. The average Bonchev–Trinajstić information content (AvgIpc) is 3.08. The van der Waals surface area contributed by atoms with Crippen molar-refractivity contribution in [3.05, 3.63) is 71.5 Å². The van der Waals surface area contributed by atoms with Gasteiger partial charge in [0, 0.05) is 17.1 Å². The maximum absolute atomic E-state index is 12.8. The zero-order valence-electron chi connectivity index (χ0n) is 16.3. The molecule has 28 heavy (non-hydrogen) atoms. The van der Waals surface area contributed by atoms with E-state index in [4.69, 9.17) is 4.98 Å². The fourth-order valence-electron chi connectivity index (χ4n) is 3.60. The van der Waals surface area contributed by atoms with Gasteiger partial charge in [0.15, 0.2) is 5.16 Å². The zero-order valence-corrected chi connectivity index (χ0v) is 17.1. The van der Waals surface area contributed by atoms with Crippen molar-refractivity contribution >= 4 is 23.4 Å². The number of nitrogens with zero attached hydrogens (tertiary/aromatic N) is 2. The highest BCUT2D eigenvalue weighted by atomic mass is 32.2. The first-order chi connectivity index (χ1) is 13.6. The van der Waals surface area contributed by atoms with Gasteiger partial charge in [-0.05, 0) is 63.3 Å². The molecule has 4 nitrogen and oxygen atoms in total. The highest BCUT2D eigenvalue weighted by molar-refractivity contribution is 8.00. The average molecular weight is 392 g/mol. The molecule has 0 saturated carbocycles. The Morgan fingerprint density at radius 3 is 2.57 bits per heavy atom. The molecule has 0 aliphatic heterocycles. The molecule has 1 aromatic heterocycles. The Morgan fingerprint density at radius 1 is 1.07 bits per heavy atom. The largest absolute Gasteiger partial charge is 0.325 e. The van der Waals surface area contributed by atoms with Crippen LogP contribution in [0, 0.1) is 6.92 Å². The molecule has 1 amide bonds. The van der Waals surface area contributed by atoms with Crippen molar-refractivity contribution in [2.24, 2.45) is 0 Å². The maximum Gasteiger partial charge on any atom is 0.237 e. The molecule has 1 aliphatic carbocycles. The van der Waals surface area contributed by atoms with Gasteiger partial charge >= 0.3 is 0 Å². The van der Waals surface area contributed by atoms with Crippen LogP contribution in [0.15, 0.2) is 59.8 Å². The second-order valence-electron chi connectivity index (χ2n) is 7.23. The van der Waals surface area contributed by atoms with E-state index in [1.807, 2.05) is 56.3 Å². The number of amides is 1. The first kappa shape index (κ1) is 18.8. The number of aromatic nitrogens is 2. The molecule has 3 aromatic rings. The Kier molecular flexibility index (Phi) is 5.53. The molecule has 1 unspecified atom stereocenters. The molecular formula is C23H25N3OS. The van der Waals surface area contributed by atoms with Crippen molar-refractivity contribution < 1.29 is 4.79 Å². The van der Waals surface area contributed by atoms with E-state index in [0.29, 0.717) is 0 Å². The molecule has 1 atom stereocenters. The number of benzene rings is 2. The summed E-state index contributed by atoms with van der Waals surface area (Å²) in [6.45, 7) is 3.95. The van der Waals surface area contributed by atoms with Crippen LogP contribution < -0.4 is 5.32 Å². The smallest absolute Gasteiger partial charge is 0.237 e. The van der Waals surface area contributed by atoms with Crippen molar-refractivity contribution in [3.8, 4) is 5.69 Å². The fraction of sp³-hybridized carbons (Fsp3) is 0.304. The Balaban J connectivity index is 1.60. The van der Waals surface area contributed by atoms with Gasteiger partial charge in [-0.1, -0.05) is 48.2 Å². The SMILES string of the molecule is Cc1ccccc1NC(=O)C(C)Sc1nc2c(n1-c1ccccc1)CCCC2. The standard InChI is InChI=1S/C23H25N3OS/c1-16-10-6-7-13-19(16)24-22(27)17(2)28-23-25-20-14-8-9-15-21(20)26(23)18-11-4-3-5-12-18/h3-7,10-13,17H,8-9,14-15H2,1-2H3,(H,24,27). The van der Waals surface area contributed by atoms with E-state index in [0.717, 1.165) is 34.9 Å². The number of imidazole rings is 1. The molecule has 0 spiro atoms. The number of nitrogens with one attached hydrogen (secondary N) is 1. The molecule has 0 fully saturated rings. The predicted octanol–water partition coefficient (Wildman–Crippen LogP) is 5.18. The van der Waals surface area contributed by atoms with Gasteiger partial charge in [0.25, 0.3) is 0 Å². The van der Waals surface area contributed by atoms with Crippen LogP contribution in [0.3, 0.4) is 0 Å². The minimum atomic E-state index is -0.245. The Bertz CT molecular complexity index is 981. The minimum absolute atomic E-state index is 0.000108. The van der Waals surface area contributed by atoms with Crippen LogP contribution in [0.1, 0.15) is 36.7 Å². The van der Waals surface area contributed by atoms with Crippen LogP contribution in [-0.4, -0.2) is 20.7 Å². The summed E-state index contributed by atoms with van der Waals surface area (Å²) in [6, 6.07) is 18.2. The summed E-state index contributed by atoms with van der Waals surface area (Å²) in [5.41, 5.74) is 5.53. The number of hydrogen-bond acceptors (Lipinski definition) is 3. The quantitative estimate of drug-likeness (QED) is 0.610. The van der Waals surface area contributed by atoms with Gasteiger partial charge in [0.05, 0.1) is 10.9 Å². The number of fused-ring (bicyclic) bond motifs is 1. The van der Waals surface area contributed by atoms with E-state index in [9.17, 15) is 4.79 Å². The van der Waals surface area contributed by atoms with E-state index in [1.165, 1.54) is 36.0 Å². The first-order valence-corrected chi connectivity index (χ1v) is 10.7. The maximum atomic E-state index is 12.8. The Hall–Kier alpha value is -2.53. The summed E-state index contributed by atoms with van der Waals surface area (Å²) >= 11 is 1.53. The highest BCUT2D eigenvalue weighted by Crippen LogP contribution is 2.32. The van der Waals surface area contributed by atoms with Crippen molar-refractivity contribution in [1.29, 1.82) is 0 Å². The third-order valence-corrected chi connectivity index (χ3v) is 6.22. The lowest BCUT2D eigenvalue weighted by Gasteiger charge is -2.17. The molecule has 0 radical (unpaired) electrons. The van der Waals surface area contributed by atoms with Crippen LogP contribution >= 0.6 is 11.8 Å². The van der Waals surface area contributed by atoms with Gasteiger partial charge in [0.2, 0.25) is 5.91 Å². The second-order valence-corrected chi connectivity index (χ2v) is 8.54. The summed E-state index contributed by atoms with van der Waals surface area (Å²) in [4.78, 5) is 17.7. The van der Waals surface area contributed by atoms with Crippen LogP contribution in [-0.2, 0) is 17.6 Å². The van der Waals surface area contributed by atoms with E-state index < -0.39 is 0 Å². The molecule has 1 aliphatic rings. The summed E-state index contributed by atoms with van der Waals surface area (Å²) < 4.78 is 2.25. The van der Waals surface area contributed by atoms with Gasteiger partial charge in [-0.15, -0.1) is 0 Å². The number of aryl methyl sites for hydroxylation is 2. The van der Waals surface area contributed by atoms with E-state index >= 15 is 0 Å². The normalized spacial score (nSPS) is 14.4. The molecule has 1 heterocycles. The number of carbonyl (C=O) groups excluding carboxylic acids is 1. The molecule has 5 heteroatoms. The van der Waals surface area contributed by atoms with Crippen LogP contribution in [0.5, 0.6) is 0 Å². The predicted molar refractivity (Wildman–Crippen MR) is 115 cm³/mol. The van der Waals surface area contributed by atoms with Crippen LogP contribution in [0.4, 0.5) is 5.69 Å². The fourth-order valence-corrected chi connectivity index (χ4v) is 4.56. The Labute approximate surface area is 170 Å². The number of hydrogen-bond donors (Lipinski definition) is 1. The highest BCUT2D eigenvalue weighted by Gasteiger charge is 2.24. The van der Waals surface area contributed by atoms with E-state index in [-0.39, 0.29) is 11.2 Å². The molecule has 144 valence electrons. The van der Waals surface area contributed by atoms with Crippen LogP contribution in [0.25, 0.3) is 5.69 Å². The van der Waals surface area contributed by atoms with Crippen molar-refractivity contribution in [2.75, 3.05) is 5.32 Å². The lowest BCUT2D eigenvalue weighted by molar-refractivity contribution is -0.115. The first-order valence-electron chi connectivity index (χ1n) is 9.82. The molecular weight excluding hydrogens is 366 g/mol. The molecule has 0 saturated heterocycles. The van der Waals surface area contributed by atoms with E-state index in [2.05, 4.69) is 22.0 Å². The lowest BCUT2D eigenvalue weighted by Crippen LogP contribution is -2.23. The van der Waals surface area contributed by atoms with Gasteiger partial charge in [-0.2, -0.15) is 0 Å². The second kappa shape index (κ2) is 8.23. The molecule has 0 bridgehead atoms. The molecule has 4 rings (SSSR count). The number of anilines is 1. The number of carbonyl (C=O) groups is 1. The molecule has 2 aromatic carbocycles. The lowest BCUT2D eigenvalue weighted by atomic mass is 10.0. The van der Waals surface area contributed by atoms with E-state index in [1.54, 1.807) is 0 Å². The van der Waals surface area contributed by atoms with Gasteiger partial charge in [-0.25, -0.2) is 4.98 Å². The number of rotatable bonds is 5. The van der Waals surface area contributed by atoms with Crippen LogP contribution in [0.2, 0.25) is 0 Å².